The molecule has 0 aliphatic carbocycles. The number of nitrogens with zero attached hydrogens (tertiary/aromatic N) is 3. The fourth-order valence-corrected chi connectivity index (χ4v) is 2.14. The number of anilines is 1. The molecule has 0 unspecified atom stereocenters. The van der Waals surface area contributed by atoms with Crippen LogP contribution in [0.4, 0.5) is 14.6 Å². The Balaban J connectivity index is 2.21. The van der Waals surface area contributed by atoms with Crippen molar-refractivity contribution in [2.45, 2.75) is 38.7 Å². The van der Waals surface area contributed by atoms with Crippen molar-refractivity contribution in [2.24, 2.45) is 0 Å². The molecule has 0 spiro atoms. The smallest absolute Gasteiger partial charge is 0.320 e. The van der Waals surface area contributed by atoms with E-state index >= 15 is 0 Å². The van der Waals surface area contributed by atoms with Crippen LogP contribution >= 0.6 is 11.6 Å². The summed E-state index contributed by atoms with van der Waals surface area (Å²) in [4.78, 5) is 9.58. The third kappa shape index (κ3) is 3.89. The topological polar surface area (TPSA) is 38.2 Å². The van der Waals surface area contributed by atoms with E-state index in [1.54, 1.807) is 0 Å². The molecule has 1 saturated heterocycles. The first-order chi connectivity index (χ1) is 8.85. The van der Waals surface area contributed by atoms with Crippen molar-refractivity contribution in [1.29, 1.82) is 0 Å². The molecule has 0 atom stereocenters. The molecule has 1 aromatic rings. The van der Waals surface area contributed by atoms with Crippen LogP contribution in [0, 0.1) is 0 Å². The van der Waals surface area contributed by atoms with E-state index in [0.29, 0.717) is 18.8 Å². The summed E-state index contributed by atoms with van der Waals surface area (Å²) in [6.07, 6.45) is 0.237. The zero-order valence-electron chi connectivity index (χ0n) is 10.9. The lowest BCUT2D eigenvalue weighted by molar-refractivity contribution is -0.0119. The lowest BCUT2D eigenvalue weighted by Gasteiger charge is -2.33. The lowest BCUT2D eigenvalue weighted by Crippen LogP contribution is -2.43. The van der Waals surface area contributed by atoms with Crippen molar-refractivity contribution in [2.75, 3.05) is 18.0 Å². The molecule has 0 saturated carbocycles. The number of piperidine rings is 1. The van der Waals surface area contributed by atoms with Gasteiger partial charge in [-0.15, -0.1) is 0 Å². The van der Waals surface area contributed by atoms with Crippen LogP contribution in [0.3, 0.4) is 0 Å². The number of halogens is 3. The predicted molar refractivity (Wildman–Crippen MR) is 69.2 cm³/mol. The van der Waals surface area contributed by atoms with E-state index in [4.69, 9.17) is 16.3 Å². The zero-order valence-corrected chi connectivity index (χ0v) is 11.6. The molecule has 2 heterocycles. The molecule has 0 amide bonds. The van der Waals surface area contributed by atoms with Crippen LogP contribution in [0.25, 0.3) is 0 Å². The maximum absolute atomic E-state index is 13.4. The average Bonchev–Trinajstić information content (AvgIpc) is 2.25. The SMILES string of the molecule is CC(C)Oc1nc(Cl)cc(N2CCCC(F)(F)C2)n1. The molecule has 1 aromatic heterocycles. The highest BCUT2D eigenvalue weighted by Gasteiger charge is 2.35. The van der Waals surface area contributed by atoms with E-state index in [2.05, 4.69) is 9.97 Å². The van der Waals surface area contributed by atoms with Gasteiger partial charge in [0.15, 0.2) is 0 Å². The van der Waals surface area contributed by atoms with E-state index in [1.807, 2.05) is 13.8 Å². The van der Waals surface area contributed by atoms with Crippen LogP contribution in [0.2, 0.25) is 5.15 Å². The molecule has 4 nitrogen and oxygen atoms in total. The van der Waals surface area contributed by atoms with Crippen molar-refractivity contribution in [3.63, 3.8) is 0 Å². The van der Waals surface area contributed by atoms with E-state index in [1.165, 1.54) is 11.0 Å². The summed E-state index contributed by atoms with van der Waals surface area (Å²) >= 11 is 5.88. The quantitative estimate of drug-likeness (QED) is 0.802. The molecule has 106 valence electrons. The monoisotopic (exact) mass is 291 g/mol. The third-order valence-electron chi connectivity index (χ3n) is 2.72. The number of hydrogen-bond donors (Lipinski definition) is 0. The van der Waals surface area contributed by atoms with Gasteiger partial charge in [0.05, 0.1) is 12.6 Å². The van der Waals surface area contributed by atoms with Gasteiger partial charge >= 0.3 is 6.01 Å². The van der Waals surface area contributed by atoms with Crippen molar-refractivity contribution in [1.82, 2.24) is 9.97 Å². The number of ether oxygens (including phenoxy) is 1. The Morgan fingerprint density at radius 2 is 2.16 bits per heavy atom. The maximum Gasteiger partial charge on any atom is 0.320 e. The molecule has 1 fully saturated rings. The van der Waals surface area contributed by atoms with Crippen LogP contribution < -0.4 is 9.64 Å². The first-order valence-corrected chi connectivity index (χ1v) is 6.57. The van der Waals surface area contributed by atoms with Gasteiger partial charge in [0.1, 0.15) is 11.0 Å². The van der Waals surface area contributed by atoms with Gasteiger partial charge in [-0.25, -0.2) is 8.78 Å². The fourth-order valence-electron chi connectivity index (χ4n) is 1.97. The molecule has 1 aliphatic heterocycles. The molecule has 7 heteroatoms. The molecule has 1 aliphatic rings. The zero-order chi connectivity index (χ0) is 14.0. The van der Waals surface area contributed by atoms with Crippen molar-refractivity contribution in [3.8, 4) is 6.01 Å². The first-order valence-electron chi connectivity index (χ1n) is 6.20. The summed E-state index contributed by atoms with van der Waals surface area (Å²) in [6, 6.07) is 1.60. The molecular formula is C12H16ClF2N3O. The second kappa shape index (κ2) is 5.45. The molecule has 19 heavy (non-hydrogen) atoms. The number of aromatic nitrogens is 2. The fraction of sp³-hybridized carbons (Fsp3) is 0.667. The highest BCUT2D eigenvalue weighted by molar-refractivity contribution is 6.29. The van der Waals surface area contributed by atoms with Gasteiger partial charge in [0.2, 0.25) is 0 Å². The molecule has 0 radical (unpaired) electrons. The Hall–Kier alpha value is -1.17. The first kappa shape index (κ1) is 14.2. The number of hydrogen-bond acceptors (Lipinski definition) is 4. The van der Waals surface area contributed by atoms with Gasteiger partial charge < -0.3 is 9.64 Å². The number of rotatable bonds is 3. The Labute approximate surface area is 115 Å². The van der Waals surface area contributed by atoms with Crippen LogP contribution in [0.15, 0.2) is 6.07 Å². The second-order valence-electron chi connectivity index (χ2n) is 4.88. The molecular weight excluding hydrogens is 276 g/mol. The molecule has 2 rings (SSSR count). The minimum absolute atomic E-state index is 0.0856. The summed E-state index contributed by atoms with van der Waals surface area (Å²) in [6.45, 7) is 3.85. The maximum atomic E-state index is 13.4. The number of alkyl halides is 2. The summed E-state index contributed by atoms with van der Waals surface area (Å²) in [5, 5.41) is 0.189. The van der Waals surface area contributed by atoms with E-state index in [0.717, 1.165) is 0 Å². The lowest BCUT2D eigenvalue weighted by atomic mass is 10.1. The minimum Gasteiger partial charge on any atom is -0.461 e. The van der Waals surface area contributed by atoms with Crippen molar-refractivity contribution < 1.29 is 13.5 Å². The molecule has 0 aromatic carbocycles. The molecule has 0 bridgehead atoms. The average molecular weight is 292 g/mol. The predicted octanol–water partition coefficient (Wildman–Crippen LogP) is 3.15. The largest absolute Gasteiger partial charge is 0.461 e. The summed E-state index contributed by atoms with van der Waals surface area (Å²) in [5.74, 6) is -2.30. The van der Waals surface area contributed by atoms with Gasteiger partial charge in [0.25, 0.3) is 5.92 Å². The second-order valence-corrected chi connectivity index (χ2v) is 5.27. The Morgan fingerprint density at radius 3 is 2.79 bits per heavy atom. The summed E-state index contributed by atoms with van der Waals surface area (Å²) in [5.41, 5.74) is 0. The summed E-state index contributed by atoms with van der Waals surface area (Å²) in [7, 11) is 0. The van der Waals surface area contributed by atoms with Gasteiger partial charge in [-0.05, 0) is 20.3 Å². The molecule has 0 N–H and O–H groups in total. The van der Waals surface area contributed by atoms with Gasteiger partial charge in [-0.1, -0.05) is 11.6 Å². The van der Waals surface area contributed by atoms with Crippen molar-refractivity contribution in [3.05, 3.63) is 11.2 Å². The van der Waals surface area contributed by atoms with Gasteiger partial charge in [-0.3, -0.25) is 0 Å². The highest BCUT2D eigenvalue weighted by Crippen LogP contribution is 2.30. The Kier molecular flexibility index (Phi) is 4.08. The minimum atomic E-state index is -2.69. The van der Waals surface area contributed by atoms with Crippen LogP contribution in [-0.2, 0) is 0 Å². The van der Waals surface area contributed by atoms with Crippen LogP contribution in [-0.4, -0.2) is 35.1 Å². The third-order valence-corrected chi connectivity index (χ3v) is 2.91. The van der Waals surface area contributed by atoms with E-state index in [-0.39, 0.29) is 30.2 Å². The van der Waals surface area contributed by atoms with E-state index < -0.39 is 5.92 Å². The normalized spacial score (nSPS) is 18.7. The highest BCUT2D eigenvalue weighted by atomic mass is 35.5. The van der Waals surface area contributed by atoms with E-state index in [9.17, 15) is 8.78 Å². The standard InChI is InChI=1S/C12H16ClF2N3O/c1-8(2)19-11-16-9(13)6-10(17-11)18-5-3-4-12(14,15)7-18/h6,8H,3-5,7H2,1-2H3. The van der Waals surface area contributed by atoms with Crippen LogP contribution in [0.1, 0.15) is 26.7 Å². The van der Waals surface area contributed by atoms with Gasteiger partial charge in [0, 0.05) is 19.0 Å². The van der Waals surface area contributed by atoms with Gasteiger partial charge in [-0.2, -0.15) is 9.97 Å². The Morgan fingerprint density at radius 1 is 1.42 bits per heavy atom. The van der Waals surface area contributed by atoms with Crippen molar-refractivity contribution >= 4 is 17.4 Å². The Bertz CT molecular complexity index is 457. The summed E-state index contributed by atoms with van der Waals surface area (Å²) < 4.78 is 32.2. The van der Waals surface area contributed by atoms with Crippen LogP contribution in [0.5, 0.6) is 6.01 Å².